The second-order valence-corrected chi connectivity index (χ2v) is 6.54. The second kappa shape index (κ2) is 6.76. The Bertz CT molecular complexity index is 1010. The number of piperidine rings is 1. The molecule has 5 rings (SSSR count). The van der Waals surface area contributed by atoms with E-state index in [0.29, 0.717) is 6.04 Å². The first kappa shape index (κ1) is 15.9. The van der Waals surface area contributed by atoms with Crippen LogP contribution in [0.4, 0.5) is 0 Å². The Morgan fingerprint density at radius 3 is 2.63 bits per heavy atom. The highest BCUT2D eigenvalue weighted by atomic mass is 15.4. The summed E-state index contributed by atoms with van der Waals surface area (Å²) in [6, 6.07) is 8.45. The number of nitrogens with one attached hydrogen (secondary N) is 1. The molecule has 0 radical (unpaired) electrons. The summed E-state index contributed by atoms with van der Waals surface area (Å²) in [7, 11) is 0. The van der Waals surface area contributed by atoms with Gasteiger partial charge in [0.1, 0.15) is 18.3 Å². The third-order valence-corrected chi connectivity index (χ3v) is 4.87. The second-order valence-electron chi connectivity index (χ2n) is 6.54. The molecule has 9 heteroatoms. The molecule has 0 unspecified atom stereocenters. The minimum atomic E-state index is 0.401. The van der Waals surface area contributed by atoms with E-state index in [2.05, 4.69) is 30.7 Å². The van der Waals surface area contributed by atoms with E-state index >= 15 is 0 Å². The lowest BCUT2D eigenvalue weighted by atomic mass is 10.1. The van der Waals surface area contributed by atoms with E-state index in [-0.39, 0.29) is 0 Å². The van der Waals surface area contributed by atoms with Crippen molar-refractivity contribution in [2.45, 2.75) is 18.9 Å². The standard InChI is InChI=1S/C18H19N9/c1-3-15(27-13-20-12-22-27)4-2-14(1)25-10-9-21-18(25)17-11-26(24-23-17)16-5-7-19-8-6-16/h1-4,9-13,16,19H,5-8H2. The van der Waals surface area contributed by atoms with Crippen molar-refractivity contribution in [3.8, 4) is 22.9 Å². The van der Waals surface area contributed by atoms with Gasteiger partial charge in [-0.05, 0) is 50.2 Å². The van der Waals surface area contributed by atoms with Crippen molar-refractivity contribution in [1.82, 2.24) is 44.6 Å². The number of nitrogens with zero attached hydrogens (tertiary/aromatic N) is 8. The molecule has 1 saturated heterocycles. The molecule has 4 heterocycles. The Morgan fingerprint density at radius 2 is 1.85 bits per heavy atom. The highest BCUT2D eigenvalue weighted by Crippen LogP contribution is 2.23. The molecule has 0 saturated carbocycles. The van der Waals surface area contributed by atoms with Crippen LogP contribution in [0, 0.1) is 0 Å². The van der Waals surface area contributed by atoms with Crippen molar-refractivity contribution in [2.24, 2.45) is 0 Å². The summed E-state index contributed by atoms with van der Waals surface area (Å²) >= 11 is 0. The lowest BCUT2D eigenvalue weighted by molar-refractivity contribution is 0.337. The van der Waals surface area contributed by atoms with Crippen LogP contribution in [0.5, 0.6) is 0 Å². The van der Waals surface area contributed by atoms with Crippen LogP contribution in [0.25, 0.3) is 22.9 Å². The van der Waals surface area contributed by atoms with Gasteiger partial charge in [0.05, 0.1) is 17.9 Å². The van der Waals surface area contributed by atoms with Crippen molar-refractivity contribution in [3.05, 3.63) is 55.5 Å². The van der Waals surface area contributed by atoms with E-state index in [0.717, 1.165) is 48.8 Å². The zero-order valence-electron chi connectivity index (χ0n) is 14.7. The molecule has 0 bridgehead atoms. The normalized spacial score (nSPS) is 15.3. The number of hydrogen-bond acceptors (Lipinski definition) is 6. The summed E-state index contributed by atoms with van der Waals surface area (Å²) < 4.78 is 5.72. The Kier molecular flexibility index (Phi) is 3.98. The summed E-state index contributed by atoms with van der Waals surface area (Å²) in [6.45, 7) is 2.04. The van der Waals surface area contributed by atoms with Crippen molar-refractivity contribution in [3.63, 3.8) is 0 Å². The minimum Gasteiger partial charge on any atom is -0.317 e. The Hall–Kier alpha value is -3.33. The zero-order chi connectivity index (χ0) is 18.1. The van der Waals surface area contributed by atoms with Gasteiger partial charge in [0, 0.05) is 18.1 Å². The lowest BCUT2D eigenvalue weighted by Crippen LogP contribution is -2.29. The third-order valence-electron chi connectivity index (χ3n) is 4.87. The fraction of sp³-hybridized carbons (Fsp3) is 0.278. The molecule has 136 valence electrons. The van der Waals surface area contributed by atoms with Crippen LogP contribution in [0.1, 0.15) is 18.9 Å². The third kappa shape index (κ3) is 3.02. The van der Waals surface area contributed by atoms with E-state index in [1.54, 1.807) is 17.2 Å². The van der Waals surface area contributed by atoms with Crippen LogP contribution in [0.3, 0.4) is 0 Å². The molecule has 0 aliphatic carbocycles. The van der Waals surface area contributed by atoms with Gasteiger partial charge in [-0.15, -0.1) is 5.10 Å². The van der Waals surface area contributed by atoms with Crippen molar-refractivity contribution in [2.75, 3.05) is 13.1 Å². The summed E-state index contributed by atoms with van der Waals surface area (Å²) in [5, 5.41) is 16.2. The summed E-state index contributed by atoms with van der Waals surface area (Å²) in [6.07, 6.45) is 11.1. The number of hydrogen-bond donors (Lipinski definition) is 1. The molecule has 3 aromatic heterocycles. The van der Waals surface area contributed by atoms with E-state index in [1.165, 1.54) is 6.33 Å². The maximum absolute atomic E-state index is 4.50. The Morgan fingerprint density at radius 1 is 1.04 bits per heavy atom. The number of aromatic nitrogens is 8. The smallest absolute Gasteiger partial charge is 0.166 e. The molecule has 4 aromatic rings. The van der Waals surface area contributed by atoms with Crippen LogP contribution in [-0.2, 0) is 0 Å². The maximum atomic E-state index is 4.50. The number of imidazole rings is 1. The number of benzene rings is 1. The first-order valence-corrected chi connectivity index (χ1v) is 9.00. The van der Waals surface area contributed by atoms with E-state index in [9.17, 15) is 0 Å². The molecule has 1 aliphatic rings. The largest absolute Gasteiger partial charge is 0.317 e. The highest BCUT2D eigenvalue weighted by Gasteiger charge is 2.18. The molecule has 9 nitrogen and oxygen atoms in total. The van der Waals surface area contributed by atoms with Crippen molar-refractivity contribution in [1.29, 1.82) is 0 Å². The highest BCUT2D eigenvalue weighted by molar-refractivity contribution is 5.53. The predicted octanol–water partition coefficient (Wildman–Crippen LogP) is 1.64. The van der Waals surface area contributed by atoms with Crippen LogP contribution in [0.2, 0.25) is 0 Å². The molecule has 1 fully saturated rings. The summed E-state index contributed by atoms with van der Waals surface area (Å²) in [5.41, 5.74) is 2.73. The van der Waals surface area contributed by atoms with Crippen molar-refractivity contribution < 1.29 is 0 Å². The molecule has 0 amide bonds. The first-order valence-electron chi connectivity index (χ1n) is 9.00. The minimum absolute atomic E-state index is 0.401. The fourth-order valence-corrected chi connectivity index (χ4v) is 3.44. The Labute approximate surface area is 155 Å². The van der Waals surface area contributed by atoms with Crippen LogP contribution in [-0.4, -0.2) is 52.4 Å². The Balaban J connectivity index is 1.43. The molecule has 1 N–H and O–H groups in total. The number of rotatable bonds is 4. The van der Waals surface area contributed by atoms with Crippen LogP contribution >= 0.6 is 0 Å². The quantitative estimate of drug-likeness (QED) is 0.594. The molecule has 27 heavy (non-hydrogen) atoms. The van der Waals surface area contributed by atoms with Gasteiger partial charge in [-0.3, -0.25) is 4.57 Å². The summed E-state index contributed by atoms with van der Waals surface area (Å²) in [4.78, 5) is 8.48. The van der Waals surface area contributed by atoms with Crippen LogP contribution < -0.4 is 5.32 Å². The average Bonchev–Trinajstić information content (AvgIpc) is 3.50. The fourth-order valence-electron chi connectivity index (χ4n) is 3.44. The zero-order valence-corrected chi connectivity index (χ0v) is 14.7. The van der Waals surface area contributed by atoms with Gasteiger partial charge in [0.2, 0.25) is 0 Å². The summed E-state index contributed by atoms with van der Waals surface area (Å²) in [5.74, 6) is 0.781. The van der Waals surface area contributed by atoms with Gasteiger partial charge in [-0.1, -0.05) is 5.21 Å². The van der Waals surface area contributed by atoms with Crippen molar-refractivity contribution >= 4 is 0 Å². The SMILES string of the molecule is c1cn(-c2ccc(-n3cncn3)cc2)c(-c2cn(C3CCNCC3)nn2)n1. The van der Waals surface area contributed by atoms with Gasteiger partial charge < -0.3 is 5.32 Å². The van der Waals surface area contributed by atoms with Gasteiger partial charge >= 0.3 is 0 Å². The molecule has 0 atom stereocenters. The van der Waals surface area contributed by atoms with Gasteiger partial charge in [-0.2, -0.15) is 5.10 Å². The predicted molar refractivity (Wildman–Crippen MR) is 98.6 cm³/mol. The molecule has 0 spiro atoms. The van der Waals surface area contributed by atoms with Gasteiger partial charge in [0.25, 0.3) is 0 Å². The monoisotopic (exact) mass is 361 g/mol. The molecular weight excluding hydrogens is 342 g/mol. The van der Waals surface area contributed by atoms with Crippen LogP contribution in [0.15, 0.2) is 55.5 Å². The molecule has 1 aromatic carbocycles. The molecule has 1 aliphatic heterocycles. The first-order chi connectivity index (χ1) is 13.4. The maximum Gasteiger partial charge on any atom is 0.166 e. The van der Waals surface area contributed by atoms with E-state index in [4.69, 9.17) is 0 Å². The molecular formula is C18H19N9. The van der Waals surface area contributed by atoms with Gasteiger partial charge in [-0.25, -0.2) is 19.3 Å². The van der Waals surface area contributed by atoms with Gasteiger partial charge in [0.15, 0.2) is 5.82 Å². The average molecular weight is 361 g/mol. The lowest BCUT2D eigenvalue weighted by Gasteiger charge is -2.22. The van der Waals surface area contributed by atoms with E-state index < -0.39 is 0 Å². The topological polar surface area (TPSA) is 91.3 Å². The van der Waals surface area contributed by atoms with E-state index in [1.807, 2.05) is 45.9 Å².